The highest BCUT2D eigenvalue weighted by atomic mass is 35.5. The summed E-state index contributed by atoms with van der Waals surface area (Å²) in [5, 5.41) is 3.29. The number of aromatic nitrogens is 4. The molecule has 0 saturated carbocycles. The van der Waals surface area contributed by atoms with Gasteiger partial charge in [0.2, 0.25) is 5.89 Å². The van der Waals surface area contributed by atoms with Gasteiger partial charge in [-0.25, -0.2) is 9.37 Å². The van der Waals surface area contributed by atoms with Gasteiger partial charge in [0, 0.05) is 19.0 Å². The highest BCUT2D eigenvalue weighted by Crippen LogP contribution is 2.28. The third-order valence-corrected chi connectivity index (χ3v) is 3.62. The van der Waals surface area contributed by atoms with E-state index in [4.69, 9.17) is 27.7 Å². The molecule has 3 aromatic rings. The Morgan fingerprint density at radius 3 is 2.90 bits per heavy atom. The van der Waals surface area contributed by atoms with Gasteiger partial charge in [-0.05, 0) is 13.0 Å². The first kappa shape index (κ1) is 14.3. The van der Waals surface area contributed by atoms with E-state index in [0.717, 1.165) is 5.52 Å². The van der Waals surface area contributed by atoms with Gasteiger partial charge in [-0.2, -0.15) is 4.98 Å². The van der Waals surface area contributed by atoms with Crippen LogP contribution in [0.25, 0.3) is 11.0 Å². The van der Waals surface area contributed by atoms with Crippen LogP contribution in [0.5, 0.6) is 0 Å². The van der Waals surface area contributed by atoms with E-state index in [1.807, 2.05) is 11.5 Å². The Morgan fingerprint density at radius 2 is 2.24 bits per heavy atom. The Balaban J connectivity index is 2.04. The molecular formula is C13H11Cl2FN4O. The fourth-order valence-corrected chi connectivity index (χ4v) is 2.52. The number of fused-ring (bicyclic) bond motifs is 1. The summed E-state index contributed by atoms with van der Waals surface area (Å²) in [6, 6.07) is 2.86. The molecule has 0 aliphatic heterocycles. The van der Waals surface area contributed by atoms with Crippen LogP contribution in [0.15, 0.2) is 23.0 Å². The second kappa shape index (κ2) is 5.61. The second-order valence-electron chi connectivity index (χ2n) is 4.58. The highest BCUT2D eigenvalue weighted by molar-refractivity contribution is 6.31. The summed E-state index contributed by atoms with van der Waals surface area (Å²) in [4.78, 5) is 8.35. The maximum absolute atomic E-state index is 13.6. The summed E-state index contributed by atoms with van der Waals surface area (Å²) < 4.78 is 20.4. The average molecular weight is 329 g/mol. The van der Waals surface area contributed by atoms with Gasteiger partial charge in [0.15, 0.2) is 6.33 Å². The third-order valence-electron chi connectivity index (χ3n) is 3.13. The van der Waals surface area contributed by atoms with Crippen LogP contribution in [0.2, 0.25) is 5.02 Å². The molecule has 0 spiro atoms. The maximum atomic E-state index is 13.6. The number of nitrogens with zero attached hydrogens (tertiary/aromatic N) is 4. The van der Waals surface area contributed by atoms with Crippen molar-refractivity contribution in [2.75, 3.05) is 0 Å². The molecule has 110 valence electrons. The summed E-state index contributed by atoms with van der Waals surface area (Å²) >= 11 is 12.0. The van der Waals surface area contributed by atoms with Crippen molar-refractivity contribution in [3.8, 4) is 0 Å². The summed E-state index contributed by atoms with van der Waals surface area (Å²) in [5.41, 5.74) is 1.24. The standard InChI is InChI=1S/C13H11Cl2FN4O/c1-7(14)13-19-10-5-9(16)8(15)4-11(10)20(13)3-2-12-17-6-18-21-12/h4-7H,2-3H2,1H3. The lowest BCUT2D eigenvalue weighted by atomic mass is 10.3. The van der Waals surface area contributed by atoms with Crippen molar-refractivity contribution in [2.45, 2.75) is 25.3 Å². The van der Waals surface area contributed by atoms with Crippen LogP contribution in [0.3, 0.4) is 0 Å². The van der Waals surface area contributed by atoms with Gasteiger partial charge in [0.25, 0.3) is 0 Å². The number of alkyl halides is 1. The number of hydrogen-bond donors (Lipinski definition) is 0. The van der Waals surface area contributed by atoms with Gasteiger partial charge in [-0.15, -0.1) is 11.6 Å². The minimum absolute atomic E-state index is 0.0511. The zero-order chi connectivity index (χ0) is 15.0. The van der Waals surface area contributed by atoms with Crippen molar-refractivity contribution in [2.24, 2.45) is 0 Å². The van der Waals surface area contributed by atoms with Crippen molar-refractivity contribution in [1.82, 2.24) is 19.7 Å². The molecule has 2 heterocycles. The summed E-state index contributed by atoms with van der Waals surface area (Å²) in [5.74, 6) is 0.658. The Hall–Kier alpha value is -1.66. The minimum atomic E-state index is -0.500. The Labute approximate surface area is 129 Å². The number of aryl methyl sites for hydroxylation is 2. The van der Waals surface area contributed by atoms with Crippen LogP contribution in [0.4, 0.5) is 4.39 Å². The molecule has 0 fully saturated rings. The normalized spacial score (nSPS) is 13.0. The molecule has 0 N–H and O–H groups in total. The van der Waals surface area contributed by atoms with Gasteiger partial charge in [0.1, 0.15) is 11.6 Å². The van der Waals surface area contributed by atoms with Crippen LogP contribution in [-0.2, 0) is 13.0 Å². The van der Waals surface area contributed by atoms with Crippen LogP contribution < -0.4 is 0 Å². The minimum Gasteiger partial charge on any atom is -0.340 e. The smallest absolute Gasteiger partial charge is 0.228 e. The lowest BCUT2D eigenvalue weighted by Crippen LogP contribution is -2.07. The molecule has 0 saturated heterocycles. The number of hydrogen-bond acceptors (Lipinski definition) is 4. The van der Waals surface area contributed by atoms with Crippen molar-refractivity contribution >= 4 is 34.2 Å². The highest BCUT2D eigenvalue weighted by Gasteiger charge is 2.17. The summed E-state index contributed by atoms with van der Waals surface area (Å²) in [7, 11) is 0. The SMILES string of the molecule is CC(Cl)c1nc2cc(F)c(Cl)cc2n1CCc1ncno1. The second-order valence-corrected chi connectivity index (χ2v) is 5.64. The van der Waals surface area contributed by atoms with E-state index in [0.29, 0.717) is 30.2 Å². The zero-order valence-corrected chi connectivity index (χ0v) is 12.6. The molecular weight excluding hydrogens is 318 g/mol. The Bertz CT molecular complexity index is 770. The number of halogens is 3. The summed E-state index contributed by atoms with van der Waals surface area (Å²) in [6.45, 7) is 2.34. The number of imidazole rings is 1. The molecule has 0 aliphatic rings. The van der Waals surface area contributed by atoms with Gasteiger partial charge >= 0.3 is 0 Å². The van der Waals surface area contributed by atoms with E-state index < -0.39 is 5.82 Å². The van der Waals surface area contributed by atoms with Crippen LogP contribution in [-0.4, -0.2) is 19.7 Å². The molecule has 1 unspecified atom stereocenters. The molecule has 3 rings (SSSR count). The first-order valence-electron chi connectivity index (χ1n) is 6.31. The molecule has 0 radical (unpaired) electrons. The molecule has 0 amide bonds. The van der Waals surface area contributed by atoms with Gasteiger partial charge in [-0.1, -0.05) is 16.8 Å². The quantitative estimate of drug-likeness (QED) is 0.684. The number of benzene rings is 1. The molecule has 1 aromatic carbocycles. The first-order valence-corrected chi connectivity index (χ1v) is 7.12. The largest absolute Gasteiger partial charge is 0.340 e. The zero-order valence-electron chi connectivity index (χ0n) is 11.1. The van der Waals surface area contributed by atoms with E-state index in [2.05, 4.69) is 15.1 Å². The third kappa shape index (κ3) is 2.73. The molecule has 8 heteroatoms. The lowest BCUT2D eigenvalue weighted by molar-refractivity contribution is 0.371. The maximum Gasteiger partial charge on any atom is 0.228 e. The van der Waals surface area contributed by atoms with Gasteiger partial charge in [0.05, 0.1) is 21.4 Å². The van der Waals surface area contributed by atoms with Crippen LogP contribution >= 0.6 is 23.2 Å². The topological polar surface area (TPSA) is 56.7 Å². The van der Waals surface area contributed by atoms with Crippen LogP contribution in [0, 0.1) is 5.82 Å². The van der Waals surface area contributed by atoms with Crippen LogP contribution in [0.1, 0.15) is 24.0 Å². The molecule has 0 bridgehead atoms. The van der Waals surface area contributed by atoms with E-state index >= 15 is 0 Å². The average Bonchev–Trinajstić information content (AvgIpc) is 3.05. The Morgan fingerprint density at radius 1 is 1.43 bits per heavy atom. The molecule has 5 nitrogen and oxygen atoms in total. The van der Waals surface area contributed by atoms with E-state index in [1.165, 1.54) is 12.4 Å². The monoisotopic (exact) mass is 328 g/mol. The summed E-state index contributed by atoms with van der Waals surface area (Å²) in [6.07, 6.45) is 1.87. The number of rotatable bonds is 4. The van der Waals surface area contributed by atoms with Crippen molar-refractivity contribution in [3.05, 3.63) is 41.0 Å². The molecule has 1 atom stereocenters. The first-order chi connectivity index (χ1) is 10.1. The van der Waals surface area contributed by atoms with Crippen molar-refractivity contribution < 1.29 is 8.91 Å². The molecule has 21 heavy (non-hydrogen) atoms. The fourth-order valence-electron chi connectivity index (χ4n) is 2.19. The predicted molar refractivity (Wildman–Crippen MR) is 77.0 cm³/mol. The van der Waals surface area contributed by atoms with Gasteiger partial charge in [-0.3, -0.25) is 0 Å². The Kier molecular flexibility index (Phi) is 3.82. The van der Waals surface area contributed by atoms with Gasteiger partial charge < -0.3 is 9.09 Å². The lowest BCUT2D eigenvalue weighted by Gasteiger charge is -2.09. The van der Waals surface area contributed by atoms with Crippen molar-refractivity contribution in [1.29, 1.82) is 0 Å². The molecule has 2 aromatic heterocycles. The van der Waals surface area contributed by atoms with E-state index in [1.54, 1.807) is 6.07 Å². The van der Waals surface area contributed by atoms with E-state index in [-0.39, 0.29) is 10.4 Å². The fraction of sp³-hybridized carbons (Fsp3) is 0.308. The molecule has 0 aliphatic carbocycles. The van der Waals surface area contributed by atoms with E-state index in [9.17, 15) is 4.39 Å². The predicted octanol–water partition coefficient (Wildman–Crippen LogP) is 3.75. The van der Waals surface area contributed by atoms with Crippen molar-refractivity contribution in [3.63, 3.8) is 0 Å².